The van der Waals surface area contributed by atoms with Crippen LogP contribution < -0.4 is 14.8 Å². The number of hydrogen-bond donors (Lipinski definition) is 1. The third-order valence-corrected chi connectivity index (χ3v) is 2.84. The highest BCUT2D eigenvalue weighted by Crippen LogP contribution is 2.23. The number of carbonyl (C=O) groups is 1. The summed E-state index contributed by atoms with van der Waals surface area (Å²) >= 11 is 5.95. The molecule has 0 spiro atoms. The van der Waals surface area contributed by atoms with E-state index in [9.17, 15) is 4.79 Å². The van der Waals surface area contributed by atoms with Crippen molar-refractivity contribution >= 4 is 23.3 Å². The van der Waals surface area contributed by atoms with E-state index < -0.39 is 0 Å². The van der Waals surface area contributed by atoms with Crippen LogP contribution in [0.5, 0.6) is 11.5 Å². The summed E-state index contributed by atoms with van der Waals surface area (Å²) in [6, 6.07) is 10.4. The van der Waals surface area contributed by atoms with Crippen LogP contribution in [0.4, 0.5) is 5.82 Å². The van der Waals surface area contributed by atoms with Crippen LogP contribution in [0.25, 0.3) is 0 Å². The number of benzene rings is 1. The predicted molar refractivity (Wildman–Crippen MR) is 81.0 cm³/mol. The molecule has 0 saturated heterocycles. The fourth-order valence-corrected chi connectivity index (χ4v) is 1.82. The lowest BCUT2D eigenvalue weighted by Crippen LogP contribution is -2.21. The minimum absolute atomic E-state index is 0.161. The minimum Gasteiger partial charge on any atom is -0.490 e. The first kappa shape index (κ1) is 15.1. The Hall–Kier alpha value is -2.27. The van der Waals surface area contributed by atoms with Gasteiger partial charge >= 0.3 is 0 Å². The molecular formula is C15H15ClN2O3. The molecule has 0 fully saturated rings. The third-order valence-electron chi connectivity index (χ3n) is 2.52. The second kappa shape index (κ2) is 7.50. The third kappa shape index (κ3) is 4.36. The number of para-hydroxylation sites is 1. The molecule has 2 aromatic rings. The molecule has 0 aliphatic heterocycles. The topological polar surface area (TPSA) is 60.5 Å². The molecule has 1 heterocycles. The molecule has 110 valence electrons. The number of hydrogen-bond acceptors (Lipinski definition) is 4. The molecule has 0 saturated carbocycles. The highest BCUT2D eigenvalue weighted by Gasteiger charge is 2.10. The number of halogens is 1. The summed E-state index contributed by atoms with van der Waals surface area (Å²) in [5.41, 5.74) is 0. The van der Waals surface area contributed by atoms with Gasteiger partial charge in [0, 0.05) is 6.20 Å². The molecule has 21 heavy (non-hydrogen) atoms. The lowest BCUT2D eigenvalue weighted by molar-refractivity contribution is -0.118. The van der Waals surface area contributed by atoms with Crippen LogP contribution in [-0.2, 0) is 4.79 Å². The molecule has 0 aliphatic carbocycles. The van der Waals surface area contributed by atoms with E-state index in [1.54, 1.807) is 42.6 Å². The van der Waals surface area contributed by atoms with Crippen LogP contribution in [0.15, 0.2) is 42.6 Å². The number of rotatable bonds is 6. The molecule has 1 aromatic carbocycles. The molecule has 2 rings (SSSR count). The SMILES string of the molecule is CCOc1cccnc1NC(=O)COc1ccccc1Cl. The van der Waals surface area contributed by atoms with Crippen LogP contribution in [0.2, 0.25) is 5.02 Å². The summed E-state index contributed by atoms with van der Waals surface area (Å²) in [6.07, 6.45) is 1.58. The molecule has 0 aliphatic rings. The standard InChI is InChI=1S/C15H15ClN2O3/c1-2-20-13-8-5-9-17-15(13)18-14(19)10-21-12-7-4-3-6-11(12)16/h3-9H,2,10H2,1H3,(H,17,18,19). The summed E-state index contributed by atoms with van der Waals surface area (Å²) in [5.74, 6) is 1.01. The Morgan fingerprint density at radius 2 is 1.95 bits per heavy atom. The summed E-state index contributed by atoms with van der Waals surface area (Å²) in [4.78, 5) is 16.0. The number of nitrogens with one attached hydrogen (secondary N) is 1. The average molecular weight is 307 g/mol. The summed E-state index contributed by atoms with van der Waals surface area (Å²) in [6.45, 7) is 2.19. The van der Waals surface area contributed by atoms with Gasteiger partial charge in [0.25, 0.3) is 5.91 Å². The van der Waals surface area contributed by atoms with Gasteiger partial charge in [0.15, 0.2) is 18.2 Å². The van der Waals surface area contributed by atoms with E-state index in [-0.39, 0.29) is 12.5 Å². The maximum absolute atomic E-state index is 11.9. The van der Waals surface area contributed by atoms with Crippen molar-refractivity contribution in [3.63, 3.8) is 0 Å². The monoisotopic (exact) mass is 306 g/mol. The van der Waals surface area contributed by atoms with Crippen molar-refractivity contribution in [2.45, 2.75) is 6.92 Å². The van der Waals surface area contributed by atoms with Gasteiger partial charge in [-0.25, -0.2) is 4.98 Å². The van der Waals surface area contributed by atoms with Gasteiger partial charge < -0.3 is 14.8 Å². The molecule has 0 atom stereocenters. The maximum Gasteiger partial charge on any atom is 0.263 e. The van der Waals surface area contributed by atoms with E-state index in [1.807, 2.05) is 6.92 Å². The number of carbonyl (C=O) groups excluding carboxylic acids is 1. The van der Waals surface area contributed by atoms with Crippen molar-refractivity contribution in [2.75, 3.05) is 18.5 Å². The van der Waals surface area contributed by atoms with Crippen molar-refractivity contribution < 1.29 is 14.3 Å². The highest BCUT2D eigenvalue weighted by atomic mass is 35.5. The molecule has 0 radical (unpaired) electrons. The first-order valence-electron chi connectivity index (χ1n) is 6.45. The van der Waals surface area contributed by atoms with Crippen LogP contribution in [-0.4, -0.2) is 24.1 Å². The van der Waals surface area contributed by atoms with Gasteiger partial charge in [-0.1, -0.05) is 23.7 Å². The first-order valence-corrected chi connectivity index (χ1v) is 6.83. The van der Waals surface area contributed by atoms with Gasteiger partial charge in [0.2, 0.25) is 0 Å². The molecule has 0 bridgehead atoms. The van der Waals surface area contributed by atoms with Crippen LogP contribution in [0, 0.1) is 0 Å². The zero-order chi connectivity index (χ0) is 15.1. The Bertz CT molecular complexity index is 619. The van der Waals surface area contributed by atoms with Crippen molar-refractivity contribution in [3.05, 3.63) is 47.6 Å². The number of aromatic nitrogens is 1. The zero-order valence-electron chi connectivity index (χ0n) is 11.5. The fourth-order valence-electron chi connectivity index (χ4n) is 1.63. The van der Waals surface area contributed by atoms with Crippen LogP contribution in [0.3, 0.4) is 0 Å². The predicted octanol–water partition coefficient (Wildman–Crippen LogP) is 3.15. The Morgan fingerprint density at radius 3 is 2.71 bits per heavy atom. The Labute approximate surface area is 127 Å². The average Bonchev–Trinajstić information content (AvgIpc) is 2.49. The van der Waals surface area contributed by atoms with Crippen molar-refractivity contribution in [3.8, 4) is 11.5 Å². The highest BCUT2D eigenvalue weighted by molar-refractivity contribution is 6.32. The van der Waals surface area contributed by atoms with Crippen molar-refractivity contribution in [2.24, 2.45) is 0 Å². The molecule has 1 N–H and O–H groups in total. The molecule has 1 aromatic heterocycles. The molecule has 0 unspecified atom stereocenters. The normalized spacial score (nSPS) is 10.0. The second-order valence-corrected chi connectivity index (χ2v) is 4.46. The van der Waals surface area contributed by atoms with Gasteiger partial charge in [-0.15, -0.1) is 0 Å². The second-order valence-electron chi connectivity index (χ2n) is 4.05. The van der Waals surface area contributed by atoms with Gasteiger partial charge in [0.05, 0.1) is 11.6 Å². The smallest absolute Gasteiger partial charge is 0.263 e. The molecular weight excluding hydrogens is 292 g/mol. The summed E-state index contributed by atoms with van der Waals surface area (Å²) in [5, 5.41) is 3.10. The number of anilines is 1. The maximum atomic E-state index is 11.9. The number of pyridine rings is 1. The Kier molecular flexibility index (Phi) is 5.40. The van der Waals surface area contributed by atoms with E-state index in [4.69, 9.17) is 21.1 Å². The Morgan fingerprint density at radius 1 is 1.19 bits per heavy atom. The lowest BCUT2D eigenvalue weighted by Gasteiger charge is -2.11. The van der Waals surface area contributed by atoms with Gasteiger partial charge in [-0.2, -0.15) is 0 Å². The van der Waals surface area contributed by atoms with E-state index in [2.05, 4.69) is 10.3 Å². The van der Waals surface area contributed by atoms with Crippen molar-refractivity contribution in [1.82, 2.24) is 4.98 Å². The van der Waals surface area contributed by atoms with E-state index >= 15 is 0 Å². The number of ether oxygens (including phenoxy) is 2. The van der Waals surface area contributed by atoms with Crippen molar-refractivity contribution in [1.29, 1.82) is 0 Å². The van der Waals surface area contributed by atoms with Gasteiger partial charge in [-0.3, -0.25) is 4.79 Å². The Balaban J connectivity index is 1.95. The first-order chi connectivity index (χ1) is 10.2. The quantitative estimate of drug-likeness (QED) is 0.890. The van der Waals surface area contributed by atoms with E-state index in [1.165, 1.54) is 0 Å². The van der Waals surface area contributed by atoms with Gasteiger partial charge in [0.1, 0.15) is 5.75 Å². The van der Waals surface area contributed by atoms with Crippen LogP contribution >= 0.6 is 11.6 Å². The summed E-state index contributed by atoms with van der Waals surface area (Å²) < 4.78 is 10.7. The lowest BCUT2D eigenvalue weighted by atomic mass is 10.3. The summed E-state index contributed by atoms with van der Waals surface area (Å²) in [7, 11) is 0. The zero-order valence-corrected chi connectivity index (χ0v) is 12.3. The van der Waals surface area contributed by atoms with E-state index in [0.717, 1.165) is 0 Å². The molecule has 5 nitrogen and oxygen atoms in total. The molecule has 6 heteroatoms. The number of amides is 1. The van der Waals surface area contributed by atoms with Crippen LogP contribution in [0.1, 0.15) is 6.92 Å². The molecule has 1 amide bonds. The largest absolute Gasteiger partial charge is 0.490 e. The fraction of sp³-hybridized carbons (Fsp3) is 0.200. The van der Waals surface area contributed by atoms with Gasteiger partial charge in [-0.05, 0) is 31.2 Å². The van der Waals surface area contributed by atoms with E-state index in [0.29, 0.717) is 28.9 Å². The number of nitrogens with zero attached hydrogens (tertiary/aromatic N) is 1. The minimum atomic E-state index is -0.338.